The highest BCUT2D eigenvalue weighted by Gasteiger charge is 2.34. The number of anilines is 1. The average Bonchev–Trinajstić information content (AvgIpc) is 3.03. The molecule has 2 saturated heterocycles. The van der Waals surface area contributed by atoms with Crippen LogP contribution < -0.4 is 4.90 Å². The minimum absolute atomic E-state index is 0.230. The summed E-state index contributed by atoms with van der Waals surface area (Å²) in [6, 6.07) is 3.80. The van der Waals surface area contributed by atoms with Gasteiger partial charge < -0.3 is 14.1 Å². The number of methoxy groups -OCH3 is 1. The molecule has 2 amide bonds. The molecule has 1 aromatic heterocycles. The molecule has 2 fully saturated rings. The molecule has 136 valence electrons. The van der Waals surface area contributed by atoms with Gasteiger partial charge in [-0.2, -0.15) is 0 Å². The molecule has 0 radical (unpaired) electrons. The summed E-state index contributed by atoms with van der Waals surface area (Å²) >= 11 is 0.967. The second kappa shape index (κ2) is 8.58. The van der Waals surface area contributed by atoms with Gasteiger partial charge in [-0.1, -0.05) is 12.8 Å². The van der Waals surface area contributed by atoms with Crippen molar-refractivity contribution in [3.05, 3.63) is 22.8 Å². The lowest BCUT2D eigenvalue weighted by Gasteiger charge is -2.18. The Hall–Kier alpha value is -1.73. The third-order valence-electron chi connectivity index (χ3n) is 4.41. The standard InChI is InChI=1S/C18H24N2O4S/c1-23-12-6-11-20-17(21)15(25-18(20)22)13-14-7-8-16(24-14)19-9-4-2-3-5-10-19/h7-8,13H,2-6,9-12H2,1H3/b15-13+. The first kappa shape index (κ1) is 18.1. The molecule has 1 aromatic rings. The van der Waals surface area contributed by atoms with Crippen molar-refractivity contribution >= 4 is 34.9 Å². The van der Waals surface area contributed by atoms with Gasteiger partial charge in [0.15, 0.2) is 5.88 Å². The molecule has 0 bridgehead atoms. The maximum atomic E-state index is 12.4. The minimum atomic E-state index is -0.251. The fourth-order valence-corrected chi connectivity index (χ4v) is 3.91. The van der Waals surface area contributed by atoms with Crippen LogP contribution >= 0.6 is 11.8 Å². The van der Waals surface area contributed by atoms with E-state index in [4.69, 9.17) is 9.15 Å². The lowest BCUT2D eigenvalue weighted by atomic mass is 10.2. The van der Waals surface area contributed by atoms with Crippen LogP contribution in [0, 0.1) is 0 Å². The molecule has 25 heavy (non-hydrogen) atoms. The third-order valence-corrected chi connectivity index (χ3v) is 5.31. The SMILES string of the molecule is COCCCN1C(=O)S/C(=C/c2ccc(N3CCCCCC3)o2)C1=O. The van der Waals surface area contributed by atoms with Crippen molar-refractivity contribution in [1.82, 2.24) is 4.90 Å². The first-order valence-electron chi connectivity index (χ1n) is 8.78. The summed E-state index contributed by atoms with van der Waals surface area (Å²) in [6.45, 7) is 2.91. The Kier molecular flexibility index (Phi) is 6.20. The largest absolute Gasteiger partial charge is 0.441 e. The fraction of sp³-hybridized carbons (Fsp3) is 0.556. The molecular formula is C18H24N2O4S. The third kappa shape index (κ3) is 4.46. The van der Waals surface area contributed by atoms with E-state index in [1.165, 1.54) is 30.6 Å². The molecule has 0 atom stereocenters. The van der Waals surface area contributed by atoms with Crippen LogP contribution in [0.3, 0.4) is 0 Å². The molecular weight excluding hydrogens is 340 g/mol. The highest BCUT2D eigenvalue weighted by molar-refractivity contribution is 8.18. The van der Waals surface area contributed by atoms with Crippen LogP contribution in [0.15, 0.2) is 21.5 Å². The Labute approximate surface area is 152 Å². The number of hydrogen-bond donors (Lipinski definition) is 0. The second-order valence-electron chi connectivity index (χ2n) is 6.26. The number of thioether (sulfide) groups is 1. The number of amides is 2. The van der Waals surface area contributed by atoms with Crippen LogP contribution in [0.25, 0.3) is 6.08 Å². The van der Waals surface area contributed by atoms with Crippen LogP contribution in [-0.2, 0) is 9.53 Å². The smallest absolute Gasteiger partial charge is 0.293 e. The monoisotopic (exact) mass is 364 g/mol. The Morgan fingerprint density at radius 2 is 1.96 bits per heavy atom. The summed E-state index contributed by atoms with van der Waals surface area (Å²) in [6.07, 6.45) is 7.19. The van der Waals surface area contributed by atoms with Gasteiger partial charge in [0.2, 0.25) is 0 Å². The van der Waals surface area contributed by atoms with E-state index in [9.17, 15) is 9.59 Å². The molecule has 0 aromatic carbocycles. The topological polar surface area (TPSA) is 63.0 Å². The zero-order valence-corrected chi connectivity index (χ0v) is 15.3. The zero-order valence-electron chi connectivity index (χ0n) is 14.5. The summed E-state index contributed by atoms with van der Waals surface area (Å²) in [4.78, 5) is 28.3. The van der Waals surface area contributed by atoms with Crippen LogP contribution in [0.5, 0.6) is 0 Å². The molecule has 0 spiro atoms. The molecule has 0 N–H and O–H groups in total. The van der Waals surface area contributed by atoms with E-state index in [1.54, 1.807) is 13.2 Å². The van der Waals surface area contributed by atoms with Crippen LogP contribution in [0.2, 0.25) is 0 Å². The Morgan fingerprint density at radius 3 is 2.68 bits per heavy atom. The van der Waals surface area contributed by atoms with Gasteiger partial charge in [-0.25, -0.2) is 0 Å². The van der Waals surface area contributed by atoms with Gasteiger partial charge >= 0.3 is 0 Å². The van der Waals surface area contributed by atoms with Crippen LogP contribution in [-0.4, -0.2) is 49.4 Å². The lowest BCUT2D eigenvalue weighted by Crippen LogP contribution is -2.29. The summed E-state index contributed by atoms with van der Waals surface area (Å²) in [7, 11) is 1.60. The van der Waals surface area contributed by atoms with Gasteiger partial charge in [0.05, 0.1) is 4.91 Å². The van der Waals surface area contributed by atoms with Crippen molar-refractivity contribution in [3.63, 3.8) is 0 Å². The first-order chi connectivity index (χ1) is 12.2. The molecule has 6 nitrogen and oxygen atoms in total. The van der Waals surface area contributed by atoms with Gasteiger partial charge in [0.1, 0.15) is 5.76 Å². The average molecular weight is 364 g/mol. The molecule has 0 aliphatic carbocycles. The highest BCUT2D eigenvalue weighted by atomic mass is 32.2. The number of hydrogen-bond acceptors (Lipinski definition) is 6. The van der Waals surface area contributed by atoms with Crippen LogP contribution in [0.1, 0.15) is 37.9 Å². The number of nitrogens with zero attached hydrogens (tertiary/aromatic N) is 2. The van der Waals surface area contributed by atoms with Crippen molar-refractivity contribution < 1.29 is 18.7 Å². The second-order valence-corrected chi connectivity index (χ2v) is 7.25. The number of furan rings is 1. The van der Waals surface area contributed by atoms with Crippen molar-refractivity contribution in [2.75, 3.05) is 38.3 Å². The predicted molar refractivity (Wildman–Crippen MR) is 98.6 cm³/mol. The molecule has 2 aliphatic rings. The Bertz CT molecular complexity index is 647. The zero-order chi connectivity index (χ0) is 17.6. The molecule has 7 heteroatoms. The van der Waals surface area contributed by atoms with E-state index in [0.717, 1.165) is 30.7 Å². The van der Waals surface area contributed by atoms with Crippen molar-refractivity contribution in [2.45, 2.75) is 32.1 Å². The summed E-state index contributed by atoms with van der Waals surface area (Å²) in [5, 5.41) is -0.230. The number of rotatable bonds is 6. The fourth-order valence-electron chi connectivity index (χ4n) is 3.07. The van der Waals surface area contributed by atoms with E-state index in [2.05, 4.69) is 4.90 Å². The van der Waals surface area contributed by atoms with Gasteiger partial charge in [0, 0.05) is 45.5 Å². The Balaban J connectivity index is 1.66. The number of carbonyl (C=O) groups excluding carboxylic acids is 2. The maximum absolute atomic E-state index is 12.4. The number of ether oxygens (including phenoxy) is 1. The van der Waals surface area contributed by atoms with E-state index in [1.807, 2.05) is 12.1 Å². The quantitative estimate of drug-likeness (QED) is 0.566. The molecule has 3 heterocycles. The van der Waals surface area contributed by atoms with E-state index >= 15 is 0 Å². The first-order valence-corrected chi connectivity index (χ1v) is 9.60. The van der Waals surface area contributed by atoms with Crippen molar-refractivity contribution in [1.29, 1.82) is 0 Å². The Morgan fingerprint density at radius 1 is 1.20 bits per heavy atom. The highest BCUT2D eigenvalue weighted by Crippen LogP contribution is 2.33. The summed E-state index contributed by atoms with van der Waals surface area (Å²) in [5.41, 5.74) is 0. The number of carbonyl (C=O) groups is 2. The van der Waals surface area contributed by atoms with Crippen LogP contribution in [0.4, 0.5) is 10.7 Å². The molecule has 2 aliphatic heterocycles. The molecule has 0 saturated carbocycles. The van der Waals surface area contributed by atoms with Gasteiger partial charge in [-0.3, -0.25) is 14.5 Å². The van der Waals surface area contributed by atoms with Gasteiger partial charge in [0.25, 0.3) is 11.1 Å². The molecule has 3 rings (SSSR count). The normalized spacial score (nSPS) is 20.6. The van der Waals surface area contributed by atoms with Gasteiger partial charge in [-0.05, 0) is 37.1 Å². The lowest BCUT2D eigenvalue weighted by molar-refractivity contribution is -0.122. The van der Waals surface area contributed by atoms with E-state index in [-0.39, 0.29) is 11.1 Å². The van der Waals surface area contributed by atoms with Gasteiger partial charge in [-0.15, -0.1) is 0 Å². The van der Waals surface area contributed by atoms with E-state index in [0.29, 0.717) is 30.2 Å². The summed E-state index contributed by atoms with van der Waals surface area (Å²) in [5.74, 6) is 1.20. The summed E-state index contributed by atoms with van der Waals surface area (Å²) < 4.78 is 10.9. The number of imide groups is 1. The maximum Gasteiger partial charge on any atom is 0.293 e. The predicted octanol–water partition coefficient (Wildman–Crippen LogP) is 3.73. The minimum Gasteiger partial charge on any atom is -0.441 e. The molecule has 0 unspecified atom stereocenters. The van der Waals surface area contributed by atoms with Crippen molar-refractivity contribution in [3.8, 4) is 0 Å². The van der Waals surface area contributed by atoms with Crippen molar-refractivity contribution in [2.24, 2.45) is 0 Å². The van der Waals surface area contributed by atoms with E-state index < -0.39 is 0 Å².